The highest BCUT2D eigenvalue weighted by Crippen LogP contribution is 2.43. The van der Waals surface area contributed by atoms with E-state index in [1.54, 1.807) is 7.11 Å². The van der Waals surface area contributed by atoms with Crippen LogP contribution in [0.5, 0.6) is 0 Å². The smallest absolute Gasteiger partial charge is 0.309 e. The Bertz CT molecular complexity index is 134. The van der Waals surface area contributed by atoms with Crippen molar-refractivity contribution in [2.45, 2.75) is 19.4 Å². The van der Waals surface area contributed by atoms with Crippen LogP contribution in [0.15, 0.2) is 0 Å². The van der Waals surface area contributed by atoms with E-state index < -0.39 is 5.97 Å². The molecule has 0 heterocycles. The Hall–Kier alpha value is -0.570. The lowest BCUT2D eigenvalue weighted by molar-refractivity contribution is -0.139. The highest BCUT2D eigenvalue weighted by molar-refractivity contribution is 5.75. The van der Waals surface area contributed by atoms with Gasteiger partial charge in [0.05, 0.1) is 12.0 Å². The molecule has 3 nitrogen and oxygen atoms in total. The third-order valence-corrected chi connectivity index (χ3v) is 2.13. The molecule has 0 amide bonds. The van der Waals surface area contributed by atoms with Crippen molar-refractivity contribution in [2.24, 2.45) is 11.8 Å². The minimum absolute atomic E-state index is 0.0255. The van der Waals surface area contributed by atoms with Crippen LogP contribution in [0.2, 0.25) is 0 Å². The molecule has 3 atom stereocenters. The molecule has 1 saturated carbocycles. The monoisotopic (exact) mass is 144 g/mol. The van der Waals surface area contributed by atoms with Crippen LogP contribution >= 0.6 is 0 Å². The Morgan fingerprint density at radius 3 is 2.40 bits per heavy atom. The van der Waals surface area contributed by atoms with Crippen LogP contribution in [-0.2, 0) is 9.53 Å². The van der Waals surface area contributed by atoms with Gasteiger partial charge in [-0.2, -0.15) is 0 Å². The lowest BCUT2D eigenvalue weighted by Crippen LogP contribution is -2.02. The average molecular weight is 144 g/mol. The quantitative estimate of drug-likeness (QED) is 0.635. The van der Waals surface area contributed by atoms with Crippen LogP contribution in [0.4, 0.5) is 0 Å². The number of carboxylic acid groups (broad SMARTS) is 1. The van der Waals surface area contributed by atoms with E-state index in [1.807, 2.05) is 6.92 Å². The largest absolute Gasteiger partial charge is 0.481 e. The van der Waals surface area contributed by atoms with E-state index >= 15 is 0 Å². The van der Waals surface area contributed by atoms with E-state index in [-0.39, 0.29) is 17.9 Å². The van der Waals surface area contributed by atoms with Gasteiger partial charge in [-0.1, -0.05) is 6.92 Å². The molecule has 3 unspecified atom stereocenters. The first-order valence-electron chi connectivity index (χ1n) is 3.48. The normalized spacial score (nSPS) is 37.6. The van der Waals surface area contributed by atoms with Gasteiger partial charge >= 0.3 is 5.97 Å². The molecule has 0 aromatic rings. The third kappa shape index (κ3) is 1.01. The zero-order valence-corrected chi connectivity index (χ0v) is 6.20. The average Bonchev–Trinajstić information content (AvgIpc) is 2.60. The molecular weight excluding hydrogens is 132 g/mol. The summed E-state index contributed by atoms with van der Waals surface area (Å²) in [6.07, 6.45) is 0.873. The van der Waals surface area contributed by atoms with Crippen LogP contribution in [0.1, 0.15) is 13.3 Å². The van der Waals surface area contributed by atoms with Crippen LogP contribution < -0.4 is 0 Å². The molecule has 0 bridgehead atoms. The first-order chi connectivity index (χ1) is 4.72. The third-order valence-electron chi connectivity index (χ3n) is 2.13. The topological polar surface area (TPSA) is 46.5 Å². The molecule has 3 heteroatoms. The van der Waals surface area contributed by atoms with Crippen molar-refractivity contribution in [3.05, 3.63) is 0 Å². The molecule has 0 spiro atoms. The second kappa shape index (κ2) is 2.58. The fourth-order valence-electron chi connectivity index (χ4n) is 1.47. The van der Waals surface area contributed by atoms with Crippen molar-refractivity contribution in [2.75, 3.05) is 7.11 Å². The summed E-state index contributed by atoms with van der Waals surface area (Å²) in [6, 6.07) is 0. The molecule has 1 N–H and O–H groups in total. The van der Waals surface area contributed by atoms with Gasteiger partial charge in [0.2, 0.25) is 0 Å². The van der Waals surface area contributed by atoms with Gasteiger partial charge < -0.3 is 9.84 Å². The molecule has 1 aliphatic rings. The maximum absolute atomic E-state index is 10.4. The van der Waals surface area contributed by atoms with Crippen molar-refractivity contribution in [3.63, 3.8) is 0 Å². The Kier molecular flexibility index (Phi) is 1.94. The molecule has 0 aromatic carbocycles. The second-order valence-corrected chi connectivity index (χ2v) is 2.64. The standard InChI is InChI=1S/C7H12O3/c1-3-4-5(7(8)9)6(4)10-2/h4-6H,3H2,1-2H3,(H,8,9). The minimum atomic E-state index is -0.723. The molecule has 1 rings (SSSR count). The number of ether oxygens (including phenoxy) is 1. The summed E-state index contributed by atoms with van der Waals surface area (Å²) < 4.78 is 4.96. The molecule has 1 aliphatic carbocycles. The maximum Gasteiger partial charge on any atom is 0.309 e. The lowest BCUT2D eigenvalue weighted by atomic mass is 10.3. The number of hydrogen-bond donors (Lipinski definition) is 1. The van der Waals surface area contributed by atoms with Crippen molar-refractivity contribution in [3.8, 4) is 0 Å². The van der Waals surface area contributed by atoms with E-state index in [0.717, 1.165) is 6.42 Å². The Balaban J connectivity index is 2.44. The summed E-state index contributed by atoms with van der Waals surface area (Å²) in [7, 11) is 1.57. The Labute approximate surface area is 60.0 Å². The Morgan fingerprint density at radius 2 is 2.30 bits per heavy atom. The fourth-order valence-corrected chi connectivity index (χ4v) is 1.47. The van der Waals surface area contributed by atoms with Crippen LogP contribution in [0.3, 0.4) is 0 Å². The van der Waals surface area contributed by atoms with Gasteiger partial charge in [0.25, 0.3) is 0 Å². The van der Waals surface area contributed by atoms with E-state index in [1.165, 1.54) is 0 Å². The first kappa shape index (κ1) is 7.54. The van der Waals surface area contributed by atoms with Gasteiger partial charge in [-0.3, -0.25) is 4.79 Å². The number of hydrogen-bond acceptors (Lipinski definition) is 2. The van der Waals surface area contributed by atoms with Crippen LogP contribution in [-0.4, -0.2) is 24.3 Å². The molecule has 0 aliphatic heterocycles. The van der Waals surface area contributed by atoms with E-state index in [9.17, 15) is 4.79 Å². The Morgan fingerprint density at radius 1 is 1.70 bits per heavy atom. The SMILES string of the molecule is CCC1C(OC)C1C(=O)O. The van der Waals surface area contributed by atoms with Crippen molar-refractivity contribution in [1.82, 2.24) is 0 Å². The lowest BCUT2D eigenvalue weighted by Gasteiger charge is -1.88. The summed E-state index contributed by atoms with van der Waals surface area (Å²) in [5.74, 6) is -0.712. The van der Waals surface area contributed by atoms with Gasteiger partial charge in [0.15, 0.2) is 0 Å². The number of rotatable bonds is 3. The molecular formula is C7H12O3. The maximum atomic E-state index is 10.4. The summed E-state index contributed by atoms with van der Waals surface area (Å²) in [5, 5.41) is 8.58. The van der Waals surface area contributed by atoms with E-state index in [4.69, 9.17) is 9.84 Å². The number of methoxy groups -OCH3 is 1. The van der Waals surface area contributed by atoms with Crippen LogP contribution in [0, 0.1) is 11.8 Å². The molecule has 1 fully saturated rings. The first-order valence-corrected chi connectivity index (χ1v) is 3.48. The highest BCUT2D eigenvalue weighted by Gasteiger charge is 2.54. The summed E-state index contributed by atoms with van der Waals surface area (Å²) in [4.78, 5) is 10.4. The molecule has 0 aromatic heterocycles. The number of carboxylic acids is 1. The van der Waals surface area contributed by atoms with Gasteiger partial charge in [0.1, 0.15) is 0 Å². The summed E-state index contributed by atoms with van der Waals surface area (Å²) in [6.45, 7) is 1.99. The van der Waals surface area contributed by atoms with Gasteiger partial charge in [0, 0.05) is 13.0 Å². The molecule has 10 heavy (non-hydrogen) atoms. The number of aliphatic carboxylic acids is 1. The van der Waals surface area contributed by atoms with Crippen molar-refractivity contribution >= 4 is 5.97 Å². The van der Waals surface area contributed by atoms with Gasteiger partial charge in [-0.25, -0.2) is 0 Å². The minimum Gasteiger partial charge on any atom is -0.481 e. The zero-order valence-electron chi connectivity index (χ0n) is 6.20. The predicted molar refractivity (Wildman–Crippen MR) is 35.7 cm³/mol. The highest BCUT2D eigenvalue weighted by atomic mass is 16.5. The summed E-state index contributed by atoms with van der Waals surface area (Å²) in [5.41, 5.74) is 0. The predicted octanol–water partition coefficient (Wildman–Crippen LogP) is 0.742. The zero-order chi connectivity index (χ0) is 7.72. The van der Waals surface area contributed by atoms with Gasteiger partial charge in [-0.05, 0) is 6.42 Å². The molecule has 0 radical (unpaired) electrons. The van der Waals surface area contributed by atoms with Crippen LogP contribution in [0.25, 0.3) is 0 Å². The summed E-state index contributed by atoms with van der Waals surface area (Å²) >= 11 is 0. The van der Waals surface area contributed by atoms with E-state index in [2.05, 4.69) is 0 Å². The van der Waals surface area contributed by atoms with Crippen molar-refractivity contribution in [1.29, 1.82) is 0 Å². The van der Waals surface area contributed by atoms with Crippen molar-refractivity contribution < 1.29 is 14.6 Å². The molecule has 58 valence electrons. The second-order valence-electron chi connectivity index (χ2n) is 2.64. The van der Waals surface area contributed by atoms with Gasteiger partial charge in [-0.15, -0.1) is 0 Å². The number of carbonyl (C=O) groups is 1. The van der Waals surface area contributed by atoms with E-state index in [0.29, 0.717) is 0 Å². The fraction of sp³-hybridized carbons (Fsp3) is 0.857. The molecule has 0 saturated heterocycles.